The molecule has 1 amide bonds. The number of benzene rings is 2. The lowest BCUT2D eigenvalue weighted by Crippen LogP contribution is -2.28. The molecule has 0 saturated heterocycles. The highest BCUT2D eigenvalue weighted by atomic mass is 16.5. The smallest absolute Gasteiger partial charge is 0.251 e. The highest BCUT2D eigenvalue weighted by Gasteiger charge is 2.13. The van der Waals surface area contributed by atoms with Gasteiger partial charge in [0, 0.05) is 5.56 Å². The van der Waals surface area contributed by atoms with Crippen molar-refractivity contribution in [2.75, 3.05) is 20.3 Å². The fourth-order valence-electron chi connectivity index (χ4n) is 3.07. The Morgan fingerprint density at radius 2 is 1.96 bits per heavy atom. The van der Waals surface area contributed by atoms with Crippen LogP contribution in [-0.4, -0.2) is 26.2 Å². The number of hydrogen-bond acceptors (Lipinski definition) is 3. The van der Waals surface area contributed by atoms with Crippen LogP contribution in [0.4, 0.5) is 0 Å². The van der Waals surface area contributed by atoms with E-state index in [2.05, 4.69) is 11.4 Å². The first-order chi connectivity index (χ1) is 11.8. The van der Waals surface area contributed by atoms with E-state index in [0.29, 0.717) is 24.5 Å². The molecule has 4 nitrogen and oxygen atoms in total. The third kappa shape index (κ3) is 3.88. The van der Waals surface area contributed by atoms with Crippen LogP contribution in [0.25, 0.3) is 0 Å². The molecule has 0 saturated carbocycles. The zero-order chi connectivity index (χ0) is 16.8. The van der Waals surface area contributed by atoms with Crippen LogP contribution >= 0.6 is 0 Å². The Bertz CT molecular complexity index is 712. The lowest BCUT2D eigenvalue weighted by atomic mass is 9.91. The average molecular weight is 325 g/mol. The number of carbonyl (C=O) groups excluding carboxylic acids is 1. The standard InChI is InChI=1S/C20H23NO3/c1-23-17-9-4-8-16(14-17)20(22)21-12-13-24-19-11-5-7-15-6-2-3-10-18(15)19/h4-5,7-9,11,14H,2-3,6,10,12-13H2,1H3,(H,21,22). The number of amides is 1. The zero-order valence-electron chi connectivity index (χ0n) is 14.0. The van der Waals surface area contributed by atoms with Crippen molar-refractivity contribution >= 4 is 5.91 Å². The van der Waals surface area contributed by atoms with E-state index < -0.39 is 0 Å². The van der Waals surface area contributed by atoms with Crippen molar-refractivity contribution in [3.05, 3.63) is 59.2 Å². The largest absolute Gasteiger partial charge is 0.497 e. The SMILES string of the molecule is COc1cccc(C(=O)NCCOc2cccc3c2CCCC3)c1. The number of nitrogens with one attached hydrogen (secondary N) is 1. The van der Waals surface area contributed by atoms with Gasteiger partial charge < -0.3 is 14.8 Å². The van der Waals surface area contributed by atoms with Crippen molar-refractivity contribution in [2.24, 2.45) is 0 Å². The molecule has 0 bridgehead atoms. The zero-order valence-corrected chi connectivity index (χ0v) is 14.0. The van der Waals surface area contributed by atoms with Crippen LogP contribution in [0.2, 0.25) is 0 Å². The van der Waals surface area contributed by atoms with Crippen molar-refractivity contribution in [1.29, 1.82) is 0 Å². The number of carbonyl (C=O) groups is 1. The molecule has 2 aromatic carbocycles. The number of hydrogen-bond donors (Lipinski definition) is 1. The number of rotatable bonds is 6. The molecular weight excluding hydrogens is 302 g/mol. The molecule has 0 aliphatic heterocycles. The second-order valence-corrected chi connectivity index (χ2v) is 5.94. The molecule has 0 fully saturated rings. The predicted octanol–water partition coefficient (Wildman–Crippen LogP) is 3.38. The second kappa shape index (κ2) is 7.86. The molecule has 1 aliphatic rings. The van der Waals surface area contributed by atoms with Gasteiger partial charge in [-0.2, -0.15) is 0 Å². The van der Waals surface area contributed by atoms with Gasteiger partial charge in [-0.25, -0.2) is 0 Å². The number of fused-ring (bicyclic) bond motifs is 1. The maximum absolute atomic E-state index is 12.1. The van der Waals surface area contributed by atoms with Crippen LogP contribution < -0.4 is 14.8 Å². The summed E-state index contributed by atoms with van der Waals surface area (Å²) in [5, 5.41) is 2.88. The number of methoxy groups -OCH3 is 1. The summed E-state index contributed by atoms with van der Waals surface area (Å²) >= 11 is 0. The molecule has 0 spiro atoms. The summed E-state index contributed by atoms with van der Waals surface area (Å²) in [4.78, 5) is 12.1. The molecule has 4 heteroatoms. The molecule has 2 aromatic rings. The summed E-state index contributed by atoms with van der Waals surface area (Å²) in [6, 6.07) is 13.4. The molecule has 3 rings (SSSR count). The number of aryl methyl sites for hydroxylation is 1. The van der Waals surface area contributed by atoms with Crippen molar-refractivity contribution in [3.8, 4) is 11.5 Å². The van der Waals surface area contributed by atoms with Crippen LogP contribution in [0.1, 0.15) is 34.3 Å². The van der Waals surface area contributed by atoms with E-state index >= 15 is 0 Å². The minimum absolute atomic E-state index is 0.118. The molecule has 0 unspecified atom stereocenters. The van der Waals surface area contributed by atoms with E-state index in [9.17, 15) is 4.79 Å². The quantitative estimate of drug-likeness (QED) is 0.828. The van der Waals surface area contributed by atoms with Gasteiger partial charge in [-0.1, -0.05) is 18.2 Å². The summed E-state index contributed by atoms with van der Waals surface area (Å²) in [6.07, 6.45) is 4.70. The first kappa shape index (κ1) is 16.4. The lowest BCUT2D eigenvalue weighted by molar-refractivity contribution is 0.0946. The normalized spacial score (nSPS) is 13.0. The molecule has 1 N–H and O–H groups in total. The van der Waals surface area contributed by atoms with E-state index in [1.807, 2.05) is 18.2 Å². The molecule has 1 aliphatic carbocycles. The Morgan fingerprint density at radius 3 is 2.83 bits per heavy atom. The van der Waals surface area contributed by atoms with Gasteiger partial charge in [0.1, 0.15) is 18.1 Å². The maximum Gasteiger partial charge on any atom is 0.251 e. The van der Waals surface area contributed by atoms with Gasteiger partial charge in [0.2, 0.25) is 0 Å². The summed E-state index contributed by atoms with van der Waals surface area (Å²) in [5.74, 6) is 1.52. The maximum atomic E-state index is 12.1. The summed E-state index contributed by atoms with van der Waals surface area (Å²) < 4.78 is 11.0. The van der Waals surface area contributed by atoms with Crippen LogP contribution in [0.5, 0.6) is 11.5 Å². The molecule has 0 aromatic heterocycles. The van der Waals surface area contributed by atoms with Gasteiger partial charge in [0.25, 0.3) is 5.91 Å². The van der Waals surface area contributed by atoms with Crippen molar-refractivity contribution in [1.82, 2.24) is 5.32 Å². The Hall–Kier alpha value is -2.49. The second-order valence-electron chi connectivity index (χ2n) is 5.94. The van der Waals surface area contributed by atoms with E-state index in [1.165, 1.54) is 24.0 Å². The van der Waals surface area contributed by atoms with Crippen LogP contribution in [0.3, 0.4) is 0 Å². The Balaban J connectivity index is 1.51. The minimum Gasteiger partial charge on any atom is -0.497 e. The van der Waals surface area contributed by atoms with Gasteiger partial charge >= 0.3 is 0 Å². The third-order valence-corrected chi connectivity index (χ3v) is 4.33. The highest BCUT2D eigenvalue weighted by molar-refractivity contribution is 5.94. The highest BCUT2D eigenvalue weighted by Crippen LogP contribution is 2.29. The van der Waals surface area contributed by atoms with E-state index in [-0.39, 0.29) is 5.91 Å². The van der Waals surface area contributed by atoms with E-state index in [4.69, 9.17) is 9.47 Å². The van der Waals surface area contributed by atoms with Crippen molar-refractivity contribution in [2.45, 2.75) is 25.7 Å². The number of ether oxygens (including phenoxy) is 2. The Kier molecular flexibility index (Phi) is 5.36. The Morgan fingerprint density at radius 1 is 1.12 bits per heavy atom. The van der Waals surface area contributed by atoms with Crippen LogP contribution in [0.15, 0.2) is 42.5 Å². The van der Waals surface area contributed by atoms with Crippen LogP contribution in [0, 0.1) is 0 Å². The monoisotopic (exact) mass is 325 g/mol. The first-order valence-corrected chi connectivity index (χ1v) is 8.44. The summed E-state index contributed by atoms with van der Waals surface area (Å²) in [7, 11) is 1.59. The van der Waals surface area contributed by atoms with Gasteiger partial charge in [-0.3, -0.25) is 4.79 Å². The third-order valence-electron chi connectivity index (χ3n) is 4.33. The van der Waals surface area contributed by atoms with Crippen LogP contribution in [-0.2, 0) is 12.8 Å². The summed E-state index contributed by atoms with van der Waals surface area (Å²) in [6.45, 7) is 0.936. The van der Waals surface area contributed by atoms with Crippen molar-refractivity contribution in [3.63, 3.8) is 0 Å². The molecule has 0 radical (unpaired) electrons. The van der Waals surface area contributed by atoms with E-state index in [1.54, 1.807) is 25.3 Å². The van der Waals surface area contributed by atoms with Gasteiger partial charge in [-0.05, 0) is 61.1 Å². The van der Waals surface area contributed by atoms with Crippen molar-refractivity contribution < 1.29 is 14.3 Å². The van der Waals surface area contributed by atoms with Gasteiger partial charge in [0.15, 0.2) is 0 Å². The van der Waals surface area contributed by atoms with Gasteiger partial charge in [-0.15, -0.1) is 0 Å². The molecule has 0 atom stereocenters. The topological polar surface area (TPSA) is 47.6 Å². The lowest BCUT2D eigenvalue weighted by Gasteiger charge is -2.19. The minimum atomic E-state index is -0.118. The molecule has 24 heavy (non-hydrogen) atoms. The average Bonchev–Trinajstić information content (AvgIpc) is 2.65. The first-order valence-electron chi connectivity index (χ1n) is 8.44. The van der Waals surface area contributed by atoms with Gasteiger partial charge in [0.05, 0.1) is 13.7 Å². The molecule has 0 heterocycles. The molecular formula is C20H23NO3. The summed E-state index contributed by atoms with van der Waals surface area (Å²) in [5.41, 5.74) is 3.33. The predicted molar refractivity (Wildman–Crippen MR) is 93.9 cm³/mol. The van der Waals surface area contributed by atoms with E-state index in [0.717, 1.165) is 18.6 Å². The Labute approximate surface area is 142 Å². The fraction of sp³-hybridized carbons (Fsp3) is 0.350. The fourth-order valence-corrected chi connectivity index (χ4v) is 3.07. The molecule has 126 valence electrons.